The van der Waals surface area contributed by atoms with E-state index in [9.17, 15) is 14.7 Å². The Hall–Kier alpha value is -2.50. The third kappa shape index (κ3) is 2.44. The zero-order valence-corrected chi connectivity index (χ0v) is 12.3. The van der Waals surface area contributed by atoms with Crippen molar-refractivity contribution in [3.63, 3.8) is 0 Å². The van der Waals surface area contributed by atoms with Crippen molar-refractivity contribution in [3.05, 3.63) is 34.1 Å². The highest BCUT2D eigenvalue weighted by molar-refractivity contribution is 5.91. The van der Waals surface area contributed by atoms with E-state index in [2.05, 4.69) is 0 Å². The van der Waals surface area contributed by atoms with Crippen LogP contribution >= 0.6 is 0 Å². The van der Waals surface area contributed by atoms with Gasteiger partial charge in [-0.15, -0.1) is 0 Å². The molecule has 1 heterocycles. The maximum atomic E-state index is 12.2. The molecule has 0 aliphatic rings. The second kappa shape index (κ2) is 5.47. The van der Waals surface area contributed by atoms with Crippen molar-refractivity contribution in [2.45, 2.75) is 19.9 Å². The predicted molar refractivity (Wildman–Crippen MR) is 78.7 cm³/mol. The summed E-state index contributed by atoms with van der Waals surface area (Å²) in [5.41, 5.74) is 0.0996. The standard InChI is InChI=1S/C15H17NO5/c1-8(2)16-10-7-14(21-4)13(20-3)5-9(10)12(17)6-11(16)15(18)19/h5-8H,1-4H3,(H,18,19). The summed E-state index contributed by atoms with van der Waals surface area (Å²) in [6.07, 6.45) is 0. The lowest BCUT2D eigenvalue weighted by molar-refractivity contribution is 0.0683. The Kier molecular flexibility index (Phi) is 3.88. The van der Waals surface area contributed by atoms with Crippen molar-refractivity contribution in [1.29, 1.82) is 0 Å². The van der Waals surface area contributed by atoms with Crippen LogP contribution in [0.25, 0.3) is 10.9 Å². The zero-order valence-electron chi connectivity index (χ0n) is 12.3. The molecule has 1 N–H and O–H groups in total. The van der Waals surface area contributed by atoms with E-state index in [1.165, 1.54) is 14.2 Å². The molecule has 21 heavy (non-hydrogen) atoms. The highest BCUT2D eigenvalue weighted by atomic mass is 16.5. The number of pyridine rings is 1. The van der Waals surface area contributed by atoms with Gasteiger partial charge in [0.25, 0.3) is 0 Å². The molecule has 0 aliphatic carbocycles. The minimum absolute atomic E-state index is 0.0466. The van der Waals surface area contributed by atoms with Crippen molar-refractivity contribution in [2.24, 2.45) is 0 Å². The number of benzene rings is 1. The number of aromatic nitrogens is 1. The summed E-state index contributed by atoms with van der Waals surface area (Å²) in [6.45, 7) is 3.71. The van der Waals surface area contributed by atoms with E-state index in [-0.39, 0.29) is 17.2 Å². The highest BCUT2D eigenvalue weighted by Crippen LogP contribution is 2.32. The Morgan fingerprint density at radius 1 is 1.14 bits per heavy atom. The monoisotopic (exact) mass is 291 g/mol. The van der Waals surface area contributed by atoms with Crippen LogP contribution in [-0.2, 0) is 0 Å². The fourth-order valence-corrected chi connectivity index (χ4v) is 2.39. The van der Waals surface area contributed by atoms with Gasteiger partial charge in [-0.2, -0.15) is 0 Å². The lowest BCUT2D eigenvalue weighted by Gasteiger charge is -2.19. The van der Waals surface area contributed by atoms with Crippen LogP contribution in [0.2, 0.25) is 0 Å². The van der Waals surface area contributed by atoms with Gasteiger partial charge in [-0.1, -0.05) is 0 Å². The first-order chi connectivity index (χ1) is 9.90. The van der Waals surface area contributed by atoms with Crippen LogP contribution in [0.5, 0.6) is 11.5 Å². The van der Waals surface area contributed by atoms with Gasteiger partial charge in [0.15, 0.2) is 16.9 Å². The Balaban J connectivity index is 2.99. The lowest BCUT2D eigenvalue weighted by atomic mass is 10.1. The molecule has 2 rings (SSSR count). The van der Waals surface area contributed by atoms with Crippen LogP contribution < -0.4 is 14.9 Å². The minimum atomic E-state index is -1.14. The van der Waals surface area contributed by atoms with E-state index in [4.69, 9.17) is 9.47 Å². The Morgan fingerprint density at radius 2 is 1.71 bits per heavy atom. The van der Waals surface area contributed by atoms with E-state index < -0.39 is 5.97 Å². The van der Waals surface area contributed by atoms with Gasteiger partial charge in [0.2, 0.25) is 0 Å². The summed E-state index contributed by atoms with van der Waals surface area (Å²) in [6, 6.07) is 4.21. The molecule has 1 aromatic heterocycles. The third-order valence-electron chi connectivity index (χ3n) is 3.29. The number of carboxylic acid groups (broad SMARTS) is 1. The maximum Gasteiger partial charge on any atom is 0.352 e. The summed E-state index contributed by atoms with van der Waals surface area (Å²) in [5, 5.41) is 9.70. The number of rotatable bonds is 4. The Morgan fingerprint density at radius 3 is 2.19 bits per heavy atom. The van der Waals surface area contributed by atoms with Crippen molar-refractivity contribution in [1.82, 2.24) is 4.57 Å². The van der Waals surface area contributed by atoms with E-state index in [1.807, 2.05) is 13.8 Å². The van der Waals surface area contributed by atoms with Crippen LogP contribution in [0.1, 0.15) is 30.4 Å². The van der Waals surface area contributed by atoms with Gasteiger partial charge in [0.1, 0.15) is 5.69 Å². The quantitative estimate of drug-likeness (QED) is 0.935. The van der Waals surface area contributed by atoms with Crippen molar-refractivity contribution >= 4 is 16.9 Å². The molecule has 0 spiro atoms. The minimum Gasteiger partial charge on any atom is -0.493 e. The molecular weight excluding hydrogens is 274 g/mol. The fourth-order valence-electron chi connectivity index (χ4n) is 2.39. The highest BCUT2D eigenvalue weighted by Gasteiger charge is 2.18. The van der Waals surface area contributed by atoms with E-state index >= 15 is 0 Å². The molecule has 0 saturated carbocycles. The third-order valence-corrected chi connectivity index (χ3v) is 3.29. The van der Waals surface area contributed by atoms with Crippen molar-refractivity contribution in [3.8, 4) is 11.5 Å². The average molecular weight is 291 g/mol. The summed E-state index contributed by atoms with van der Waals surface area (Å²) >= 11 is 0. The number of methoxy groups -OCH3 is 2. The molecule has 0 unspecified atom stereocenters. The second-order valence-electron chi connectivity index (χ2n) is 4.89. The first-order valence-corrected chi connectivity index (χ1v) is 6.45. The molecule has 1 aromatic carbocycles. The molecule has 0 fully saturated rings. The number of carboxylic acids is 1. The topological polar surface area (TPSA) is 77.8 Å². The van der Waals surface area contributed by atoms with Crippen molar-refractivity contribution in [2.75, 3.05) is 14.2 Å². The largest absolute Gasteiger partial charge is 0.493 e. The van der Waals surface area contributed by atoms with Gasteiger partial charge in [-0.25, -0.2) is 4.79 Å². The molecular formula is C15H17NO5. The number of carbonyl (C=O) groups is 1. The molecule has 0 amide bonds. The zero-order chi connectivity index (χ0) is 15.7. The van der Waals surface area contributed by atoms with Gasteiger partial charge in [0, 0.05) is 23.6 Å². The smallest absolute Gasteiger partial charge is 0.352 e. The maximum absolute atomic E-state index is 12.2. The molecule has 0 bridgehead atoms. The number of ether oxygens (including phenoxy) is 2. The number of nitrogens with zero attached hydrogens (tertiary/aromatic N) is 1. The van der Waals surface area contributed by atoms with Crippen LogP contribution in [0, 0.1) is 0 Å². The molecule has 0 atom stereocenters. The molecule has 2 aromatic rings. The van der Waals surface area contributed by atoms with E-state index in [0.29, 0.717) is 22.4 Å². The summed E-state index contributed by atoms with van der Waals surface area (Å²) < 4.78 is 12.0. The van der Waals surface area contributed by atoms with E-state index in [0.717, 1.165) is 6.07 Å². The van der Waals surface area contributed by atoms with Gasteiger partial charge < -0.3 is 19.1 Å². The van der Waals surface area contributed by atoms with E-state index in [1.54, 1.807) is 16.7 Å². The molecule has 112 valence electrons. The molecule has 0 saturated heterocycles. The van der Waals surface area contributed by atoms with Crippen molar-refractivity contribution < 1.29 is 19.4 Å². The predicted octanol–water partition coefficient (Wildman–Crippen LogP) is 2.30. The number of hydrogen-bond acceptors (Lipinski definition) is 4. The lowest BCUT2D eigenvalue weighted by Crippen LogP contribution is -2.19. The molecule has 6 heteroatoms. The number of hydrogen-bond donors (Lipinski definition) is 1. The number of aromatic carboxylic acids is 1. The van der Waals surface area contributed by atoms with Gasteiger partial charge in [-0.05, 0) is 19.9 Å². The van der Waals surface area contributed by atoms with Gasteiger partial charge in [-0.3, -0.25) is 4.79 Å². The molecule has 0 aliphatic heterocycles. The Bertz CT molecular complexity index is 761. The molecule has 0 radical (unpaired) electrons. The van der Waals surface area contributed by atoms with Crippen LogP contribution in [0.4, 0.5) is 0 Å². The van der Waals surface area contributed by atoms with Gasteiger partial charge >= 0.3 is 5.97 Å². The average Bonchev–Trinajstić information content (AvgIpc) is 2.45. The van der Waals surface area contributed by atoms with Crippen LogP contribution in [0.3, 0.4) is 0 Å². The summed E-state index contributed by atoms with van der Waals surface area (Å²) in [5.74, 6) is -0.265. The summed E-state index contributed by atoms with van der Waals surface area (Å²) in [7, 11) is 2.97. The second-order valence-corrected chi connectivity index (χ2v) is 4.89. The van der Waals surface area contributed by atoms with Crippen LogP contribution in [-0.4, -0.2) is 29.9 Å². The number of fused-ring (bicyclic) bond motifs is 1. The first kappa shape index (κ1) is 14.9. The fraction of sp³-hybridized carbons (Fsp3) is 0.333. The molecule has 6 nitrogen and oxygen atoms in total. The SMILES string of the molecule is COc1cc2c(=O)cc(C(=O)O)n(C(C)C)c2cc1OC. The normalized spacial score (nSPS) is 10.9. The summed E-state index contributed by atoms with van der Waals surface area (Å²) in [4.78, 5) is 23.6. The Labute approximate surface area is 121 Å². The van der Waals surface area contributed by atoms with Gasteiger partial charge in [0.05, 0.1) is 19.7 Å². The first-order valence-electron chi connectivity index (χ1n) is 6.45. The van der Waals surface area contributed by atoms with Crippen LogP contribution in [0.15, 0.2) is 23.0 Å².